The lowest BCUT2D eigenvalue weighted by Gasteiger charge is -2.21. The molecule has 0 bridgehead atoms. The first-order chi connectivity index (χ1) is 7.34. The second-order valence-corrected chi connectivity index (χ2v) is 6.13. The Morgan fingerprint density at radius 2 is 1.81 bits per heavy atom. The first-order valence-corrected chi connectivity index (χ1v) is 6.92. The van der Waals surface area contributed by atoms with Crippen molar-refractivity contribution >= 4 is 11.8 Å². The van der Waals surface area contributed by atoms with Crippen LogP contribution in [0.1, 0.15) is 40.2 Å². The molecule has 0 spiro atoms. The molecule has 0 aliphatic heterocycles. The van der Waals surface area contributed by atoms with Gasteiger partial charge in [-0.3, -0.25) is 0 Å². The Balaban J connectivity index is 3.07. The van der Waals surface area contributed by atoms with Crippen molar-refractivity contribution in [3.8, 4) is 5.75 Å². The van der Waals surface area contributed by atoms with Crippen LogP contribution in [-0.2, 0) is 5.41 Å². The van der Waals surface area contributed by atoms with E-state index in [4.69, 9.17) is 4.74 Å². The topological polar surface area (TPSA) is 9.23 Å². The van der Waals surface area contributed by atoms with E-state index in [1.165, 1.54) is 10.5 Å². The van der Waals surface area contributed by atoms with E-state index in [1.54, 1.807) is 11.8 Å². The van der Waals surface area contributed by atoms with Gasteiger partial charge in [-0.2, -0.15) is 0 Å². The average Bonchev–Trinajstić information content (AvgIpc) is 2.15. The second kappa shape index (κ2) is 5.13. The van der Waals surface area contributed by atoms with Gasteiger partial charge >= 0.3 is 0 Å². The Morgan fingerprint density at radius 1 is 1.19 bits per heavy atom. The first-order valence-electron chi connectivity index (χ1n) is 5.69. The third kappa shape index (κ3) is 3.44. The molecule has 0 aliphatic rings. The van der Waals surface area contributed by atoms with Crippen molar-refractivity contribution < 1.29 is 4.74 Å². The molecule has 0 radical (unpaired) electrons. The Morgan fingerprint density at radius 3 is 2.25 bits per heavy atom. The summed E-state index contributed by atoms with van der Waals surface area (Å²) < 4.78 is 5.78. The summed E-state index contributed by atoms with van der Waals surface area (Å²) >= 11 is 1.74. The van der Waals surface area contributed by atoms with Crippen LogP contribution in [0.25, 0.3) is 0 Å². The van der Waals surface area contributed by atoms with Crippen molar-refractivity contribution in [1.29, 1.82) is 0 Å². The van der Waals surface area contributed by atoms with E-state index < -0.39 is 0 Å². The standard InChI is InChI=1S/C14H22OS/c1-10(2)15-12-8-7-11(14(3,4)5)9-13(12)16-6/h7-10H,1-6H3. The zero-order chi connectivity index (χ0) is 12.3. The Labute approximate surface area is 104 Å². The number of hydrogen-bond donors (Lipinski definition) is 0. The molecule has 2 heteroatoms. The molecule has 0 N–H and O–H groups in total. The summed E-state index contributed by atoms with van der Waals surface area (Å²) in [5, 5.41) is 0. The van der Waals surface area contributed by atoms with Crippen molar-refractivity contribution in [2.75, 3.05) is 6.26 Å². The zero-order valence-electron chi connectivity index (χ0n) is 11.1. The molecule has 0 aromatic heterocycles. The highest BCUT2D eigenvalue weighted by Gasteiger charge is 2.16. The smallest absolute Gasteiger partial charge is 0.133 e. The average molecular weight is 238 g/mol. The molecule has 0 heterocycles. The summed E-state index contributed by atoms with van der Waals surface area (Å²) in [6.07, 6.45) is 2.32. The molecule has 0 amide bonds. The molecule has 1 nitrogen and oxygen atoms in total. The van der Waals surface area contributed by atoms with Gasteiger partial charge in [-0.05, 0) is 43.2 Å². The minimum Gasteiger partial charge on any atom is -0.490 e. The van der Waals surface area contributed by atoms with Crippen LogP contribution < -0.4 is 4.74 Å². The monoisotopic (exact) mass is 238 g/mol. The molecule has 16 heavy (non-hydrogen) atoms. The van der Waals surface area contributed by atoms with Gasteiger partial charge in [-0.15, -0.1) is 11.8 Å². The Kier molecular flexibility index (Phi) is 4.31. The summed E-state index contributed by atoms with van der Waals surface area (Å²) in [6, 6.07) is 6.49. The summed E-state index contributed by atoms with van der Waals surface area (Å²) in [5.74, 6) is 0.996. The fourth-order valence-electron chi connectivity index (χ4n) is 1.49. The van der Waals surface area contributed by atoms with Crippen LogP contribution in [0.3, 0.4) is 0 Å². The van der Waals surface area contributed by atoms with Crippen LogP contribution >= 0.6 is 11.8 Å². The number of benzene rings is 1. The third-order valence-corrected chi connectivity index (χ3v) is 3.15. The molecule has 0 saturated heterocycles. The third-order valence-electron chi connectivity index (χ3n) is 2.39. The van der Waals surface area contributed by atoms with E-state index in [0.717, 1.165) is 5.75 Å². The van der Waals surface area contributed by atoms with Crippen molar-refractivity contribution in [2.24, 2.45) is 0 Å². The van der Waals surface area contributed by atoms with Crippen molar-refractivity contribution in [2.45, 2.75) is 51.0 Å². The van der Waals surface area contributed by atoms with Crippen LogP contribution in [0, 0.1) is 0 Å². The van der Waals surface area contributed by atoms with Crippen LogP contribution in [0.5, 0.6) is 5.75 Å². The quantitative estimate of drug-likeness (QED) is 0.717. The highest BCUT2D eigenvalue weighted by atomic mass is 32.2. The molecular formula is C14H22OS. The van der Waals surface area contributed by atoms with Gasteiger partial charge in [0.1, 0.15) is 5.75 Å². The zero-order valence-corrected chi connectivity index (χ0v) is 11.9. The van der Waals surface area contributed by atoms with Gasteiger partial charge in [0.25, 0.3) is 0 Å². The van der Waals surface area contributed by atoms with Crippen molar-refractivity contribution in [1.82, 2.24) is 0 Å². The van der Waals surface area contributed by atoms with Crippen LogP contribution in [0.2, 0.25) is 0 Å². The SMILES string of the molecule is CSc1cc(C(C)(C)C)ccc1OC(C)C. The highest BCUT2D eigenvalue weighted by molar-refractivity contribution is 7.98. The molecular weight excluding hydrogens is 216 g/mol. The van der Waals surface area contributed by atoms with Gasteiger partial charge in [0, 0.05) is 4.90 Å². The first kappa shape index (κ1) is 13.4. The number of rotatable bonds is 3. The lowest BCUT2D eigenvalue weighted by atomic mass is 9.87. The minimum absolute atomic E-state index is 0.195. The Bertz CT molecular complexity index is 350. The lowest BCUT2D eigenvalue weighted by molar-refractivity contribution is 0.236. The summed E-state index contributed by atoms with van der Waals surface area (Å²) in [5.41, 5.74) is 1.55. The molecule has 0 saturated carbocycles. The molecule has 90 valence electrons. The molecule has 0 unspecified atom stereocenters. The molecule has 0 aliphatic carbocycles. The van der Waals surface area contributed by atoms with Crippen molar-refractivity contribution in [3.63, 3.8) is 0 Å². The van der Waals surface area contributed by atoms with E-state index in [9.17, 15) is 0 Å². The van der Waals surface area contributed by atoms with E-state index >= 15 is 0 Å². The maximum absolute atomic E-state index is 5.78. The van der Waals surface area contributed by atoms with E-state index in [0.29, 0.717) is 0 Å². The fourth-order valence-corrected chi connectivity index (χ4v) is 2.05. The van der Waals surface area contributed by atoms with Gasteiger partial charge in [-0.25, -0.2) is 0 Å². The second-order valence-electron chi connectivity index (χ2n) is 5.28. The van der Waals surface area contributed by atoms with Crippen LogP contribution in [0.15, 0.2) is 23.1 Å². The van der Waals surface area contributed by atoms with Gasteiger partial charge in [0.05, 0.1) is 6.10 Å². The van der Waals surface area contributed by atoms with E-state index in [-0.39, 0.29) is 11.5 Å². The Hall–Kier alpha value is -0.630. The van der Waals surface area contributed by atoms with Gasteiger partial charge in [0.15, 0.2) is 0 Å². The normalized spacial score (nSPS) is 11.9. The highest BCUT2D eigenvalue weighted by Crippen LogP contribution is 2.33. The maximum atomic E-state index is 5.78. The summed E-state index contributed by atoms with van der Waals surface area (Å²) in [6.45, 7) is 10.8. The molecule has 0 atom stereocenters. The molecule has 1 aromatic rings. The largest absolute Gasteiger partial charge is 0.490 e. The minimum atomic E-state index is 0.195. The lowest BCUT2D eigenvalue weighted by Crippen LogP contribution is -2.12. The van der Waals surface area contributed by atoms with E-state index in [1.807, 2.05) is 0 Å². The predicted octanol–water partition coefficient (Wildman–Crippen LogP) is 4.49. The summed E-state index contributed by atoms with van der Waals surface area (Å²) in [7, 11) is 0. The van der Waals surface area contributed by atoms with Crippen LogP contribution in [-0.4, -0.2) is 12.4 Å². The summed E-state index contributed by atoms with van der Waals surface area (Å²) in [4.78, 5) is 1.22. The molecule has 0 fully saturated rings. The van der Waals surface area contributed by atoms with Crippen LogP contribution in [0.4, 0.5) is 0 Å². The maximum Gasteiger partial charge on any atom is 0.133 e. The predicted molar refractivity (Wildman–Crippen MR) is 72.7 cm³/mol. The van der Waals surface area contributed by atoms with Gasteiger partial charge in [-0.1, -0.05) is 26.8 Å². The van der Waals surface area contributed by atoms with E-state index in [2.05, 4.69) is 59.1 Å². The number of ether oxygens (including phenoxy) is 1. The van der Waals surface area contributed by atoms with Gasteiger partial charge < -0.3 is 4.74 Å². The fraction of sp³-hybridized carbons (Fsp3) is 0.571. The molecule has 1 aromatic carbocycles. The van der Waals surface area contributed by atoms with Gasteiger partial charge in [0.2, 0.25) is 0 Å². The number of thioether (sulfide) groups is 1. The van der Waals surface area contributed by atoms with Crippen molar-refractivity contribution in [3.05, 3.63) is 23.8 Å². The molecule has 1 rings (SSSR count). The number of hydrogen-bond acceptors (Lipinski definition) is 2.